The summed E-state index contributed by atoms with van der Waals surface area (Å²) >= 11 is 0. The Kier molecular flexibility index (Phi) is 5.40. The zero-order chi connectivity index (χ0) is 12.9. The summed E-state index contributed by atoms with van der Waals surface area (Å²) in [6, 6.07) is 0.133. The molecule has 0 aromatic rings. The average Bonchev–Trinajstić information content (AvgIpc) is 2.29. The van der Waals surface area contributed by atoms with Crippen molar-refractivity contribution in [2.24, 2.45) is 5.92 Å². The second kappa shape index (κ2) is 6.36. The van der Waals surface area contributed by atoms with E-state index in [1.807, 2.05) is 13.8 Å². The molecular formula is C13H25NO3. The molecule has 2 N–H and O–H groups in total. The number of methoxy groups -OCH3 is 1. The summed E-state index contributed by atoms with van der Waals surface area (Å²) in [5, 5.41) is 12.3. The van der Waals surface area contributed by atoms with Crippen LogP contribution < -0.4 is 5.32 Å². The molecule has 1 saturated carbocycles. The molecule has 1 fully saturated rings. The lowest BCUT2D eigenvalue weighted by Gasteiger charge is -2.32. The maximum Gasteiger partial charge on any atom is 0.223 e. The standard InChI is InChI=1S/C13H25NO3/c1-13(2,17-3)8-12(16)14-11-7-5-4-6-10(11)9-15/h10-11,15H,4-9H2,1-3H3,(H,14,16). The van der Waals surface area contributed by atoms with Gasteiger partial charge < -0.3 is 15.2 Å². The van der Waals surface area contributed by atoms with Crippen LogP contribution in [-0.4, -0.2) is 36.4 Å². The van der Waals surface area contributed by atoms with Crippen molar-refractivity contribution in [2.75, 3.05) is 13.7 Å². The van der Waals surface area contributed by atoms with Crippen molar-refractivity contribution < 1.29 is 14.6 Å². The minimum atomic E-state index is -0.423. The number of carbonyl (C=O) groups excluding carboxylic acids is 1. The van der Waals surface area contributed by atoms with E-state index in [1.165, 1.54) is 0 Å². The largest absolute Gasteiger partial charge is 0.396 e. The van der Waals surface area contributed by atoms with Crippen LogP contribution in [0.1, 0.15) is 46.0 Å². The molecule has 0 aliphatic heterocycles. The van der Waals surface area contributed by atoms with E-state index < -0.39 is 5.60 Å². The fourth-order valence-electron chi connectivity index (χ4n) is 2.33. The van der Waals surface area contributed by atoms with E-state index in [0.29, 0.717) is 6.42 Å². The fraction of sp³-hybridized carbons (Fsp3) is 0.923. The van der Waals surface area contributed by atoms with Gasteiger partial charge in [-0.2, -0.15) is 0 Å². The first-order valence-electron chi connectivity index (χ1n) is 6.44. The Morgan fingerprint density at radius 2 is 2.06 bits per heavy atom. The maximum absolute atomic E-state index is 11.9. The van der Waals surface area contributed by atoms with Gasteiger partial charge in [-0.1, -0.05) is 12.8 Å². The van der Waals surface area contributed by atoms with Crippen molar-refractivity contribution in [1.29, 1.82) is 0 Å². The van der Waals surface area contributed by atoms with Crippen molar-refractivity contribution in [3.63, 3.8) is 0 Å². The molecule has 0 aromatic heterocycles. The molecular weight excluding hydrogens is 218 g/mol. The first kappa shape index (κ1) is 14.5. The zero-order valence-corrected chi connectivity index (χ0v) is 11.2. The van der Waals surface area contributed by atoms with Crippen LogP contribution in [-0.2, 0) is 9.53 Å². The van der Waals surface area contributed by atoms with Crippen molar-refractivity contribution in [2.45, 2.75) is 57.6 Å². The van der Waals surface area contributed by atoms with Crippen LogP contribution in [0.5, 0.6) is 0 Å². The summed E-state index contributed by atoms with van der Waals surface area (Å²) in [5.41, 5.74) is -0.423. The topological polar surface area (TPSA) is 58.6 Å². The minimum Gasteiger partial charge on any atom is -0.396 e. The molecule has 0 radical (unpaired) electrons. The summed E-state index contributed by atoms with van der Waals surface area (Å²) < 4.78 is 5.24. The average molecular weight is 243 g/mol. The molecule has 1 aliphatic rings. The van der Waals surface area contributed by atoms with Gasteiger partial charge in [0.25, 0.3) is 0 Å². The summed E-state index contributed by atoms with van der Waals surface area (Å²) in [4.78, 5) is 11.9. The molecule has 1 amide bonds. The number of rotatable bonds is 5. The Labute approximate surface area is 104 Å². The van der Waals surface area contributed by atoms with Gasteiger partial charge in [-0.05, 0) is 26.7 Å². The van der Waals surface area contributed by atoms with Crippen LogP contribution in [0.4, 0.5) is 0 Å². The van der Waals surface area contributed by atoms with Gasteiger partial charge in [-0.3, -0.25) is 4.79 Å². The van der Waals surface area contributed by atoms with E-state index in [2.05, 4.69) is 5.32 Å². The molecule has 1 aliphatic carbocycles. The highest BCUT2D eigenvalue weighted by atomic mass is 16.5. The van der Waals surface area contributed by atoms with Crippen LogP contribution in [0.25, 0.3) is 0 Å². The van der Waals surface area contributed by atoms with E-state index >= 15 is 0 Å². The van der Waals surface area contributed by atoms with Crippen molar-refractivity contribution >= 4 is 5.91 Å². The highest BCUT2D eigenvalue weighted by Gasteiger charge is 2.28. The highest BCUT2D eigenvalue weighted by molar-refractivity contribution is 5.77. The number of nitrogens with one attached hydrogen (secondary N) is 1. The van der Waals surface area contributed by atoms with Gasteiger partial charge in [0.1, 0.15) is 0 Å². The van der Waals surface area contributed by atoms with Crippen molar-refractivity contribution in [1.82, 2.24) is 5.32 Å². The summed E-state index contributed by atoms with van der Waals surface area (Å²) in [6.07, 6.45) is 4.63. The summed E-state index contributed by atoms with van der Waals surface area (Å²) in [5.74, 6) is 0.237. The van der Waals surface area contributed by atoms with E-state index in [4.69, 9.17) is 4.74 Å². The third-order valence-electron chi connectivity index (χ3n) is 3.63. The number of hydrogen-bond donors (Lipinski definition) is 2. The predicted octanol–water partition coefficient (Wildman–Crippen LogP) is 1.47. The summed E-state index contributed by atoms with van der Waals surface area (Å²) in [6.45, 7) is 3.96. The van der Waals surface area contributed by atoms with Crippen LogP contribution in [0.3, 0.4) is 0 Å². The first-order chi connectivity index (χ1) is 7.98. The van der Waals surface area contributed by atoms with Crippen LogP contribution in [0.15, 0.2) is 0 Å². The molecule has 0 heterocycles. The van der Waals surface area contributed by atoms with Gasteiger partial charge in [0.2, 0.25) is 5.91 Å². The van der Waals surface area contributed by atoms with Gasteiger partial charge in [-0.15, -0.1) is 0 Å². The third-order valence-corrected chi connectivity index (χ3v) is 3.63. The third kappa shape index (κ3) is 4.64. The molecule has 0 bridgehead atoms. The van der Waals surface area contributed by atoms with Gasteiger partial charge >= 0.3 is 0 Å². The number of aliphatic hydroxyl groups excluding tert-OH is 1. The molecule has 100 valence electrons. The van der Waals surface area contributed by atoms with Gasteiger partial charge in [0.05, 0.1) is 12.0 Å². The monoisotopic (exact) mass is 243 g/mol. The zero-order valence-electron chi connectivity index (χ0n) is 11.2. The number of ether oxygens (including phenoxy) is 1. The number of carbonyl (C=O) groups is 1. The number of aliphatic hydroxyl groups is 1. The number of amides is 1. The Hall–Kier alpha value is -0.610. The molecule has 0 saturated heterocycles. The van der Waals surface area contributed by atoms with Crippen molar-refractivity contribution in [3.05, 3.63) is 0 Å². The van der Waals surface area contributed by atoms with Gasteiger partial charge in [0.15, 0.2) is 0 Å². The van der Waals surface area contributed by atoms with E-state index in [1.54, 1.807) is 7.11 Å². The maximum atomic E-state index is 11.9. The SMILES string of the molecule is COC(C)(C)CC(=O)NC1CCCCC1CO. The molecule has 17 heavy (non-hydrogen) atoms. The first-order valence-corrected chi connectivity index (χ1v) is 6.44. The fourth-order valence-corrected chi connectivity index (χ4v) is 2.33. The predicted molar refractivity (Wildman–Crippen MR) is 66.7 cm³/mol. The van der Waals surface area contributed by atoms with Crippen LogP contribution in [0, 0.1) is 5.92 Å². The minimum absolute atomic E-state index is 0.0159. The normalized spacial score (nSPS) is 25.6. The highest BCUT2D eigenvalue weighted by Crippen LogP contribution is 2.24. The van der Waals surface area contributed by atoms with E-state index in [9.17, 15) is 9.90 Å². The Morgan fingerprint density at radius 3 is 2.65 bits per heavy atom. The second-order valence-corrected chi connectivity index (χ2v) is 5.54. The molecule has 2 atom stereocenters. The molecule has 4 nitrogen and oxygen atoms in total. The Balaban J connectivity index is 2.44. The Bertz CT molecular complexity index is 253. The lowest BCUT2D eigenvalue weighted by Crippen LogP contribution is -2.45. The lowest BCUT2D eigenvalue weighted by atomic mass is 9.85. The quantitative estimate of drug-likeness (QED) is 0.768. The van der Waals surface area contributed by atoms with Crippen molar-refractivity contribution in [3.8, 4) is 0 Å². The van der Waals surface area contributed by atoms with Crippen LogP contribution >= 0.6 is 0 Å². The summed E-state index contributed by atoms with van der Waals surface area (Å²) in [7, 11) is 1.62. The smallest absolute Gasteiger partial charge is 0.223 e. The second-order valence-electron chi connectivity index (χ2n) is 5.54. The van der Waals surface area contributed by atoms with E-state index in [0.717, 1.165) is 25.7 Å². The van der Waals surface area contributed by atoms with Gasteiger partial charge in [-0.25, -0.2) is 0 Å². The molecule has 4 heteroatoms. The lowest BCUT2D eigenvalue weighted by molar-refractivity contribution is -0.127. The Morgan fingerprint density at radius 1 is 1.41 bits per heavy atom. The number of hydrogen-bond acceptors (Lipinski definition) is 3. The van der Waals surface area contributed by atoms with Gasteiger partial charge in [0, 0.05) is 25.7 Å². The van der Waals surface area contributed by atoms with Crippen LogP contribution in [0.2, 0.25) is 0 Å². The molecule has 1 rings (SSSR count). The molecule has 2 unspecified atom stereocenters. The van der Waals surface area contributed by atoms with E-state index in [-0.39, 0.29) is 24.5 Å². The molecule has 0 spiro atoms. The molecule has 0 aromatic carbocycles.